The molecule has 0 atom stereocenters. The van der Waals surface area contributed by atoms with Gasteiger partial charge in [0.1, 0.15) is 0 Å². The van der Waals surface area contributed by atoms with Gasteiger partial charge in [-0.25, -0.2) is 0 Å². The number of rotatable bonds is 5. The van der Waals surface area contributed by atoms with Crippen LogP contribution in [0, 0.1) is 6.92 Å². The predicted molar refractivity (Wildman–Crippen MR) is 87.0 cm³/mol. The number of nitrogens with zero attached hydrogens (tertiary/aromatic N) is 2. The van der Waals surface area contributed by atoms with Crippen LogP contribution in [0.1, 0.15) is 22.1 Å². The molecule has 3 aromatic rings. The molecule has 0 bridgehead atoms. The first-order valence-electron chi connectivity index (χ1n) is 7.45. The Balaban J connectivity index is 1.63. The smallest absolute Gasteiger partial charge is 0.251 e. The van der Waals surface area contributed by atoms with E-state index in [9.17, 15) is 4.79 Å². The number of carbonyl (C=O) groups excluding carboxylic acids is 1. The summed E-state index contributed by atoms with van der Waals surface area (Å²) in [6.07, 6.45) is 0.519. The predicted octanol–water partition coefficient (Wildman–Crippen LogP) is 3.02. The average Bonchev–Trinajstić information content (AvgIpc) is 3.01. The van der Waals surface area contributed by atoms with Gasteiger partial charge in [0.25, 0.3) is 5.91 Å². The highest BCUT2D eigenvalue weighted by Crippen LogP contribution is 2.19. The molecule has 0 aliphatic carbocycles. The van der Waals surface area contributed by atoms with E-state index in [1.54, 1.807) is 13.0 Å². The molecular formula is C18H17N3O2. The van der Waals surface area contributed by atoms with Crippen molar-refractivity contribution in [1.82, 2.24) is 15.5 Å². The Morgan fingerprint density at radius 3 is 2.57 bits per heavy atom. The number of hydrogen-bond acceptors (Lipinski definition) is 4. The zero-order chi connectivity index (χ0) is 16.1. The minimum atomic E-state index is -0.112. The molecule has 0 saturated carbocycles. The van der Waals surface area contributed by atoms with Crippen LogP contribution in [0.4, 0.5) is 0 Å². The van der Waals surface area contributed by atoms with Gasteiger partial charge in [-0.2, -0.15) is 0 Å². The van der Waals surface area contributed by atoms with Gasteiger partial charge in [-0.3, -0.25) is 4.79 Å². The maximum atomic E-state index is 12.2. The van der Waals surface area contributed by atoms with Crippen molar-refractivity contribution < 1.29 is 9.21 Å². The van der Waals surface area contributed by atoms with Crippen LogP contribution in [0.2, 0.25) is 0 Å². The van der Waals surface area contributed by atoms with Crippen LogP contribution < -0.4 is 5.32 Å². The van der Waals surface area contributed by atoms with Gasteiger partial charge in [-0.05, 0) is 23.3 Å². The normalized spacial score (nSPS) is 10.5. The third-order valence-corrected chi connectivity index (χ3v) is 3.42. The standard InChI is InChI=1S/C18H17N3O2/c1-13-20-21-17(23-13)10-11-19-18(22)16-9-5-8-15(12-16)14-6-3-2-4-7-14/h2-9,12H,10-11H2,1H3,(H,19,22). The number of nitrogens with one attached hydrogen (secondary N) is 1. The lowest BCUT2D eigenvalue weighted by Crippen LogP contribution is -2.25. The van der Waals surface area contributed by atoms with Crippen molar-refractivity contribution in [3.63, 3.8) is 0 Å². The van der Waals surface area contributed by atoms with Gasteiger partial charge in [0.2, 0.25) is 11.8 Å². The molecular weight excluding hydrogens is 290 g/mol. The fourth-order valence-electron chi connectivity index (χ4n) is 2.29. The molecule has 0 spiro atoms. The molecule has 1 amide bonds. The molecule has 0 unspecified atom stereocenters. The molecule has 2 aromatic carbocycles. The van der Waals surface area contributed by atoms with Gasteiger partial charge in [-0.15, -0.1) is 10.2 Å². The van der Waals surface area contributed by atoms with Crippen LogP contribution in [0.3, 0.4) is 0 Å². The van der Waals surface area contributed by atoms with Crippen molar-refractivity contribution in [2.45, 2.75) is 13.3 Å². The van der Waals surface area contributed by atoms with Crippen LogP contribution in [0.25, 0.3) is 11.1 Å². The second kappa shape index (κ2) is 6.87. The van der Waals surface area contributed by atoms with E-state index in [-0.39, 0.29) is 5.91 Å². The van der Waals surface area contributed by atoms with E-state index in [1.165, 1.54) is 0 Å². The van der Waals surface area contributed by atoms with Crippen LogP contribution in [-0.4, -0.2) is 22.6 Å². The second-order valence-corrected chi connectivity index (χ2v) is 5.17. The molecule has 23 heavy (non-hydrogen) atoms. The zero-order valence-corrected chi connectivity index (χ0v) is 12.8. The summed E-state index contributed by atoms with van der Waals surface area (Å²) in [5.74, 6) is 0.946. The first kappa shape index (κ1) is 15.0. The maximum absolute atomic E-state index is 12.2. The number of amides is 1. The number of aromatic nitrogens is 2. The Hall–Kier alpha value is -2.95. The zero-order valence-electron chi connectivity index (χ0n) is 12.8. The highest BCUT2D eigenvalue weighted by atomic mass is 16.4. The molecule has 0 radical (unpaired) electrons. The topological polar surface area (TPSA) is 68.0 Å². The summed E-state index contributed by atoms with van der Waals surface area (Å²) < 4.78 is 5.27. The third kappa shape index (κ3) is 3.83. The molecule has 3 rings (SSSR count). The average molecular weight is 307 g/mol. The van der Waals surface area contributed by atoms with Gasteiger partial charge in [0.15, 0.2) is 0 Å². The molecule has 1 N–H and O–H groups in total. The van der Waals surface area contributed by atoms with Gasteiger partial charge in [0.05, 0.1) is 0 Å². The second-order valence-electron chi connectivity index (χ2n) is 5.17. The Morgan fingerprint density at radius 2 is 1.83 bits per heavy atom. The summed E-state index contributed by atoms with van der Waals surface area (Å²) >= 11 is 0. The van der Waals surface area contributed by atoms with Crippen LogP contribution in [-0.2, 0) is 6.42 Å². The van der Waals surface area contributed by atoms with E-state index in [0.717, 1.165) is 11.1 Å². The lowest BCUT2D eigenvalue weighted by atomic mass is 10.0. The Bertz CT molecular complexity index is 797. The third-order valence-electron chi connectivity index (χ3n) is 3.42. The van der Waals surface area contributed by atoms with E-state index in [0.29, 0.717) is 30.3 Å². The van der Waals surface area contributed by atoms with Gasteiger partial charge in [-0.1, -0.05) is 42.5 Å². The monoisotopic (exact) mass is 307 g/mol. The fourth-order valence-corrected chi connectivity index (χ4v) is 2.29. The number of carbonyl (C=O) groups is 1. The van der Waals surface area contributed by atoms with Crippen molar-refractivity contribution in [2.75, 3.05) is 6.54 Å². The van der Waals surface area contributed by atoms with Gasteiger partial charge < -0.3 is 9.73 Å². The van der Waals surface area contributed by atoms with Crippen LogP contribution in [0.5, 0.6) is 0 Å². The van der Waals surface area contributed by atoms with Crippen molar-refractivity contribution in [2.24, 2.45) is 0 Å². The number of aryl methyl sites for hydroxylation is 1. The van der Waals surface area contributed by atoms with E-state index < -0.39 is 0 Å². The largest absolute Gasteiger partial charge is 0.426 e. The van der Waals surface area contributed by atoms with E-state index in [4.69, 9.17) is 4.42 Å². The van der Waals surface area contributed by atoms with E-state index in [2.05, 4.69) is 15.5 Å². The molecule has 5 heteroatoms. The molecule has 0 fully saturated rings. The lowest BCUT2D eigenvalue weighted by molar-refractivity contribution is 0.0953. The van der Waals surface area contributed by atoms with Crippen molar-refractivity contribution in [3.05, 3.63) is 71.9 Å². The minimum absolute atomic E-state index is 0.112. The lowest BCUT2D eigenvalue weighted by Gasteiger charge is -2.06. The molecule has 0 saturated heterocycles. The fraction of sp³-hybridized carbons (Fsp3) is 0.167. The van der Waals surface area contributed by atoms with E-state index >= 15 is 0 Å². The summed E-state index contributed by atoms with van der Waals surface area (Å²) in [7, 11) is 0. The van der Waals surface area contributed by atoms with Gasteiger partial charge in [0, 0.05) is 25.5 Å². The number of benzene rings is 2. The minimum Gasteiger partial charge on any atom is -0.426 e. The van der Waals surface area contributed by atoms with Gasteiger partial charge >= 0.3 is 0 Å². The summed E-state index contributed by atoms with van der Waals surface area (Å²) in [4.78, 5) is 12.2. The summed E-state index contributed by atoms with van der Waals surface area (Å²) in [6, 6.07) is 17.6. The molecule has 1 heterocycles. The maximum Gasteiger partial charge on any atom is 0.251 e. The molecule has 116 valence electrons. The number of hydrogen-bond donors (Lipinski definition) is 1. The molecule has 5 nitrogen and oxygen atoms in total. The molecule has 1 aromatic heterocycles. The van der Waals surface area contributed by atoms with Crippen molar-refractivity contribution in [3.8, 4) is 11.1 Å². The summed E-state index contributed by atoms with van der Waals surface area (Å²) in [5.41, 5.74) is 2.74. The highest BCUT2D eigenvalue weighted by molar-refractivity contribution is 5.95. The molecule has 0 aliphatic heterocycles. The van der Waals surface area contributed by atoms with Crippen molar-refractivity contribution >= 4 is 5.91 Å². The van der Waals surface area contributed by atoms with E-state index in [1.807, 2.05) is 48.5 Å². The summed E-state index contributed by atoms with van der Waals surface area (Å²) in [5, 5.41) is 10.5. The summed E-state index contributed by atoms with van der Waals surface area (Å²) in [6.45, 7) is 2.19. The Morgan fingerprint density at radius 1 is 1.04 bits per heavy atom. The Labute approximate surface area is 134 Å². The SMILES string of the molecule is Cc1nnc(CCNC(=O)c2cccc(-c3ccccc3)c2)o1. The molecule has 0 aliphatic rings. The quantitative estimate of drug-likeness (QED) is 0.786. The van der Waals surface area contributed by atoms with Crippen LogP contribution in [0.15, 0.2) is 59.0 Å². The van der Waals surface area contributed by atoms with Crippen molar-refractivity contribution in [1.29, 1.82) is 0 Å². The first-order chi connectivity index (χ1) is 11.2. The highest BCUT2D eigenvalue weighted by Gasteiger charge is 2.08. The van der Waals surface area contributed by atoms with Crippen LogP contribution >= 0.6 is 0 Å². The Kier molecular flexibility index (Phi) is 4.47. The first-order valence-corrected chi connectivity index (χ1v) is 7.45.